The van der Waals surface area contributed by atoms with Crippen LogP contribution in [0.5, 0.6) is 0 Å². The minimum absolute atomic E-state index is 0.500. The Balaban J connectivity index is 2.43. The molecule has 3 aromatic carbocycles. The summed E-state index contributed by atoms with van der Waals surface area (Å²) in [6.45, 7) is 3.99. The second-order valence-electron chi connectivity index (χ2n) is 7.11. The molecule has 0 saturated heterocycles. The van der Waals surface area contributed by atoms with Gasteiger partial charge in [0.25, 0.3) is 10.1 Å². The lowest BCUT2D eigenvalue weighted by Crippen LogP contribution is -2.32. The van der Waals surface area contributed by atoms with Gasteiger partial charge < -0.3 is 4.74 Å². The van der Waals surface area contributed by atoms with Crippen molar-refractivity contribution in [2.45, 2.75) is 0 Å². The van der Waals surface area contributed by atoms with Gasteiger partial charge in [-0.15, -0.1) is 0 Å². The first-order valence-electron chi connectivity index (χ1n) is 10.3. The smallest absolute Gasteiger partial charge is 0.410 e. The van der Waals surface area contributed by atoms with Crippen molar-refractivity contribution in [2.24, 2.45) is 0 Å². The van der Waals surface area contributed by atoms with E-state index in [0.717, 1.165) is 29.2 Å². The monoisotopic (exact) mass is 494 g/mol. The number of amides is 1. The molecule has 0 radical (unpaired) electrons. The molecule has 0 aliphatic heterocycles. The molecule has 174 valence electrons. The summed E-state index contributed by atoms with van der Waals surface area (Å²) in [4.78, 5) is 11.1. The van der Waals surface area contributed by atoms with E-state index in [2.05, 4.69) is 16.6 Å². The highest BCUT2D eigenvalue weighted by molar-refractivity contribution is 7.99. The first-order chi connectivity index (χ1) is 16.3. The van der Waals surface area contributed by atoms with Gasteiger partial charge in [0, 0.05) is 12.3 Å². The van der Waals surface area contributed by atoms with Gasteiger partial charge in [0.1, 0.15) is 33.4 Å². The number of rotatable bonds is 8. The first kappa shape index (κ1) is 25.1. The van der Waals surface area contributed by atoms with Crippen molar-refractivity contribution in [3.63, 3.8) is 0 Å². The van der Waals surface area contributed by atoms with Crippen molar-refractivity contribution < 1.29 is 22.5 Å². The number of ether oxygens (including phenoxy) is 1. The van der Waals surface area contributed by atoms with E-state index >= 15 is 0 Å². The van der Waals surface area contributed by atoms with Crippen LogP contribution in [0.3, 0.4) is 0 Å². The van der Waals surface area contributed by atoms with E-state index in [1.807, 2.05) is 91.0 Å². The molecule has 0 aliphatic rings. The van der Waals surface area contributed by atoms with Crippen LogP contribution in [0.25, 0.3) is 0 Å². The highest BCUT2D eigenvalue weighted by Gasteiger charge is 2.48. The molecule has 3 rings (SSSR count). The molecule has 0 fully saturated rings. The van der Waals surface area contributed by atoms with Crippen LogP contribution in [0.4, 0.5) is 4.79 Å². The van der Waals surface area contributed by atoms with Crippen molar-refractivity contribution in [3.8, 4) is 0 Å². The molecule has 0 unspecified atom stereocenters. The van der Waals surface area contributed by atoms with E-state index in [4.69, 9.17) is 0 Å². The Kier molecular flexibility index (Phi) is 8.18. The van der Waals surface area contributed by atoms with Gasteiger partial charge in [-0.2, -0.15) is 8.42 Å². The summed E-state index contributed by atoms with van der Waals surface area (Å²) in [5.74, 6) is 0. The summed E-state index contributed by atoms with van der Waals surface area (Å²) in [5, 5.41) is 5.69. The number of alkyl carbamates (subject to hydrolysis) is 1. The fourth-order valence-electron chi connectivity index (χ4n) is 3.67. The zero-order chi connectivity index (χ0) is 24.6. The summed E-state index contributed by atoms with van der Waals surface area (Å²) < 4.78 is 38.9. The Morgan fingerprint density at radius 3 is 1.62 bits per heavy atom. The quantitative estimate of drug-likeness (QED) is 0.279. The molecule has 34 heavy (non-hydrogen) atoms. The lowest BCUT2D eigenvalue weighted by atomic mass is 10.3. The Hall–Kier alpha value is -3.51. The second-order valence-corrected chi connectivity index (χ2v) is 11.9. The second kappa shape index (κ2) is 11.1. The number of benzene rings is 3. The highest BCUT2D eigenvalue weighted by Crippen LogP contribution is 2.63. The minimum Gasteiger partial charge on any atom is -0.453 e. The Labute approximate surface area is 200 Å². The SMILES string of the molecule is C=C/C(=C\C(=C\NC(=O)OC)S(=O)(=O)O)[P+](c1ccccc1)(c1ccccc1)c1ccccc1. The van der Waals surface area contributed by atoms with Crippen molar-refractivity contribution in [1.82, 2.24) is 5.32 Å². The molecule has 0 bridgehead atoms. The van der Waals surface area contributed by atoms with Crippen molar-refractivity contribution >= 4 is 39.4 Å². The summed E-state index contributed by atoms with van der Waals surface area (Å²) in [7, 11) is -6.20. The Bertz CT molecular complexity index is 1210. The fourth-order valence-corrected chi connectivity index (χ4v) is 8.49. The molecule has 0 saturated carbocycles. The average Bonchev–Trinajstić information content (AvgIpc) is 2.86. The molecular formula is C26H25NO5PS+. The Morgan fingerprint density at radius 2 is 1.29 bits per heavy atom. The lowest BCUT2D eigenvalue weighted by molar-refractivity contribution is 0.175. The number of allylic oxidation sites excluding steroid dienone is 3. The predicted molar refractivity (Wildman–Crippen MR) is 139 cm³/mol. The summed E-state index contributed by atoms with van der Waals surface area (Å²) in [6.07, 6.45) is 2.97. The van der Waals surface area contributed by atoms with Crippen molar-refractivity contribution in [1.29, 1.82) is 0 Å². The van der Waals surface area contributed by atoms with Crippen LogP contribution in [0.2, 0.25) is 0 Å². The van der Waals surface area contributed by atoms with Gasteiger partial charge in [-0.1, -0.05) is 61.2 Å². The molecule has 0 spiro atoms. The van der Waals surface area contributed by atoms with Crippen LogP contribution in [-0.2, 0) is 14.9 Å². The largest absolute Gasteiger partial charge is 0.453 e. The molecular weight excluding hydrogens is 469 g/mol. The maximum absolute atomic E-state index is 12.2. The summed E-state index contributed by atoms with van der Waals surface area (Å²) >= 11 is 0. The van der Waals surface area contributed by atoms with Crippen LogP contribution in [0.1, 0.15) is 0 Å². The Morgan fingerprint density at radius 1 is 0.882 bits per heavy atom. The normalized spacial score (nSPS) is 12.6. The van der Waals surface area contributed by atoms with Gasteiger partial charge in [0.05, 0.1) is 7.11 Å². The van der Waals surface area contributed by atoms with Crippen LogP contribution >= 0.6 is 7.26 Å². The van der Waals surface area contributed by atoms with Crippen LogP contribution < -0.4 is 21.2 Å². The lowest BCUT2D eigenvalue weighted by Gasteiger charge is -2.28. The van der Waals surface area contributed by atoms with E-state index < -0.39 is 28.4 Å². The summed E-state index contributed by atoms with van der Waals surface area (Å²) in [5.41, 5.74) is 0. The molecule has 2 N–H and O–H groups in total. The van der Waals surface area contributed by atoms with E-state index in [9.17, 15) is 17.8 Å². The average molecular weight is 495 g/mol. The minimum atomic E-state index is -4.70. The molecule has 6 nitrogen and oxygen atoms in total. The van der Waals surface area contributed by atoms with E-state index in [1.54, 1.807) is 6.08 Å². The standard InChI is InChI=1S/C26H24NO5PS/c1-3-21(19-25(34(29,30)31)20-27-26(28)32-2)33(22-13-7-4-8-14-22,23-15-9-5-10-16-23)24-17-11-6-12-18-24/h3-20H,1H2,2H3,(H-,27,28,29,30,31)/p+1/b21-19+,25-20-. The van der Waals surface area contributed by atoms with Gasteiger partial charge in [-0.3, -0.25) is 9.87 Å². The molecule has 0 heterocycles. The van der Waals surface area contributed by atoms with Crippen molar-refractivity contribution in [2.75, 3.05) is 7.11 Å². The number of carbonyl (C=O) groups excluding carboxylic acids is 1. The number of carbonyl (C=O) groups is 1. The molecule has 1 amide bonds. The summed E-state index contributed by atoms with van der Waals surface area (Å²) in [6, 6.07) is 29.3. The van der Waals surface area contributed by atoms with Crippen LogP contribution in [0, 0.1) is 0 Å². The third-order valence-electron chi connectivity index (χ3n) is 5.13. The number of methoxy groups -OCH3 is 1. The maximum atomic E-state index is 12.2. The van der Waals surface area contributed by atoms with Gasteiger partial charge in [0.15, 0.2) is 0 Å². The van der Waals surface area contributed by atoms with Gasteiger partial charge in [-0.25, -0.2) is 4.79 Å². The van der Waals surface area contributed by atoms with Gasteiger partial charge >= 0.3 is 6.09 Å². The molecule has 8 heteroatoms. The third kappa shape index (κ3) is 5.34. The molecule has 3 aromatic rings. The van der Waals surface area contributed by atoms with Crippen LogP contribution in [-0.4, -0.2) is 26.2 Å². The van der Waals surface area contributed by atoms with E-state index in [1.165, 1.54) is 6.08 Å². The molecule has 0 atom stereocenters. The first-order valence-corrected chi connectivity index (χ1v) is 13.5. The predicted octanol–water partition coefficient (Wildman–Crippen LogP) is 4.14. The molecule has 0 aromatic heterocycles. The number of hydrogen-bond acceptors (Lipinski definition) is 4. The van der Waals surface area contributed by atoms with Crippen LogP contribution in [0.15, 0.2) is 126 Å². The number of hydrogen-bond donors (Lipinski definition) is 2. The fraction of sp³-hybridized carbons (Fsp3) is 0.0385. The van der Waals surface area contributed by atoms with Crippen molar-refractivity contribution in [3.05, 3.63) is 126 Å². The number of nitrogens with one attached hydrogen (secondary N) is 1. The molecule has 0 aliphatic carbocycles. The zero-order valence-electron chi connectivity index (χ0n) is 18.5. The van der Waals surface area contributed by atoms with E-state index in [-0.39, 0.29) is 0 Å². The van der Waals surface area contributed by atoms with Gasteiger partial charge in [0.2, 0.25) is 0 Å². The van der Waals surface area contributed by atoms with E-state index in [0.29, 0.717) is 5.31 Å². The topological polar surface area (TPSA) is 92.7 Å². The van der Waals surface area contributed by atoms with Gasteiger partial charge in [-0.05, 0) is 42.5 Å². The zero-order valence-corrected chi connectivity index (χ0v) is 20.2. The third-order valence-corrected chi connectivity index (χ3v) is 10.3. The highest BCUT2D eigenvalue weighted by atomic mass is 32.2. The maximum Gasteiger partial charge on any atom is 0.410 e.